The molecule has 0 amide bonds. The fourth-order valence-corrected chi connectivity index (χ4v) is 5.64. The van der Waals surface area contributed by atoms with Gasteiger partial charge in [-0.15, -0.1) is 11.3 Å². The summed E-state index contributed by atoms with van der Waals surface area (Å²) in [5, 5.41) is 4.37. The zero-order valence-electron chi connectivity index (χ0n) is 16.7. The first-order valence-corrected chi connectivity index (χ1v) is 10.8. The van der Waals surface area contributed by atoms with Crippen molar-refractivity contribution in [1.29, 1.82) is 0 Å². The maximum absolute atomic E-state index is 13.0. The molecule has 7 nitrogen and oxygen atoms in total. The minimum absolute atomic E-state index is 0.00570. The lowest BCUT2D eigenvalue weighted by atomic mass is 10.0. The number of carbonyl (C=O) groups is 1. The topological polar surface area (TPSA) is 97.1 Å². The number of hydrogen-bond acceptors (Lipinski definition) is 5. The van der Waals surface area contributed by atoms with Crippen molar-refractivity contribution in [3.8, 4) is 16.2 Å². The van der Waals surface area contributed by atoms with E-state index in [1.807, 2.05) is 12.1 Å². The number of nitrogens with zero attached hydrogens (tertiary/aromatic N) is 4. The lowest BCUT2D eigenvalue weighted by Crippen LogP contribution is -2.18. The van der Waals surface area contributed by atoms with Crippen LogP contribution in [-0.4, -0.2) is 23.5 Å². The standard InChI is InChI=1S/C22H20N4O3S/c1-11(27)17-10-26(14-3-4-14)20-16(21(17)28)6-5-15(22(20)29-2)19-8-12-7-13(24-25-23)9-18(12)30-19/h5-6,8,10,13-14H,3-4,7,9H2,1-2H3. The van der Waals surface area contributed by atoms with E-state index >= 15 is 0 Å². The van der Waals surface area contributed by atoms with E-state index in [2.05, 4.69) is 20.7 Å². The van der Waals surface area contributed by atoms with Crippen LogP contribution in [0.3, 0.4) is 0 Å². The SMILES string of the molecule is COc1c(-c2cc3c(s2)CC(N=[N+]=[N-])C3)ccc2c(=O)c(C(C)=O)cn(C3CC3)c12. The number of methoxy groups -OCH3 is 1. The number of rotatable bonds is 5. The summed E-state index contributed by atoms with van der Waals surface area (Å²) >= 11 is 1.68. The van der Waals surface area contributed by atoms with Gasteiger partial charge in [0.05, 0.1) is 23.6 Å². The Morgan fingerprint density at radius 1 is 1.33 bits per heavy atom. The molecule has 2 aliphatic carbocycles. The Balaban J connectivity index is 1.70. The fourth-order valence-electron chi connectivity index (χ4n) is 4.35. The quantitative estimate of drug-likeness (QED) is 0.250. The summed E-state index contributed by atoms with van der Waals surface area (Å²) in [4.78, 5) is 30.2. The summed E-state index contributed by atoms with van der Waals surface area (Å²) in [6.45, 7) is 1.43. The molecule has 152 valence electrons. The number of thiophene rings is 1. The van der Waals surface area contributed by atoms with Gasteiger partial charge in [-0.25, -0.2) is 0 Å². The Labute approximate surface area is 176 Å². The molecule has 8 heteroatoms. The molecule has 1 atom stereocenters. The Bertz CT molecular complexity index is 1290. The first-order chi connectivity index (χ1) is 14.5. The predicted octanol–water partition coefficient (Wildman–Crippen LogP) is 5.05. The van der Waals surface area contributed by atoms with Crippen molar-refractivity contribution < 1.29 is 9.53 Å². The minimum atomic E-state index is -0.245. The van der Waals surface area contributed by atoms with E-state index in [1.165, 1.54) is 17.4 Å². The third kappa shape index (κ3) is 2.91. The zero-order chi connectivity index (χ0) is 21.0. The van der Waals surface area contributed by atoms with Crippen LogP contribution in [0.2, 0.25) is 0 Å². The molecular formula is C22H20N4O3S. The normalized spacial score (nSPS) is 17.6. The van der Waals surface area contributed by atoms with Crippen LogP contribution in [0.25, 0.3) is 31.8 Å². The molecule has 2 aliphatic rings. The smallest absolute Gasteiger partial charge is 0.200 e. The summed E-state index contributed by atoms with van der Waals surface area (Å²) in [7, 11) is 1.62. The van der Waals surface area contributed by atoms with Gasteiger partial charge in [0.1, 0.15) is 0 Å². The summed E-state index contributed by atoms with van der Waals surface area (Å²) < 4.78 is 7.89. The molecular weight excluding hydrogens is 400 g/mol. The van der Waals surface area contributed by atoms with Gasteiger partial charge < -0.3 is 9.30 Å². The van der Waals surface area contributed by atoms with E-state index in [-0.39, 0.29) is 28.9 Å². The minimum Gasteiger partial charge on any atom is -0.494 e. The summed E-state index contributed by atoms with van der Waals surface area (Å²) in [6.07, 6.45) is 5.26. The van der Waals surface area contributed by atoms with Crippen molar-refractivity contribution in [1.82, 2.24) is 4.57 Å². The molecule has 0 radical (unpaired) electrons. The highest BCUT2D eigenvalue weighted by atomic mass is 32.1. The molecule has 2 heterocycles. The van der Waals surface area contributed by atoms with Gasteiger partial charge in [0.15, 0.2) is 17.0 Å². The molecule has 2 aromatic heterocycles. The Hall–Kier alpha value is -3.09. The number of aromatic nitrogens is 1. The Morgan fingerprint density at radius 2 is 2.13 bits per heavy atom. The van der Waals surface area contributed by atoms with Crippen LogP contribution in [0.1, 0.15) is 46.6 Å². The lowest BCUT2D eigenvalue weighted by molar-refractivity contribution is 0.101. The molecule has 30 heavy (non-hydrogen) atoms. The maximum atomic E-state index is 13.0. The van der Waals surface area contributed by atoms with Crippen molar-refractivity contribution in [2.75, 3.05) is 7.11 Å². The highest BCUT2D eigenvalue weighted by Crippen LogP contribution is 2.45. The number of ketones is 1. The van der Waals surface area contributed by atoms with E-state index in [9.17, 15) is 9.59 Å². The summed E-state index contributed by atoms with van der Waals surface area (Å²) in [5.74, 6) is 0.446. The molecule has 0 bridgehead atoms. The van der Waals surface area contributed by atoms with Crippen molar-refractivity contribution in [2.24, 2.45) is 5.11 Å². The van der Waals surface area contributed by atoms with E-state index in [0.29, 0.717) is 11.1 Å². The van der Waals surface area contributed by atoms with Gasteiger partial charge in [-0.2, -0.15) is 0 Å². The monoisotopic (exact) mass is 420 g/mol. The summed E-state index contributed by atoms with van der Waals surface area (Å²) in [5.41, 5.74) is 11.6. The van der Waals surface area contributed by atoms with E-state index in [0.717, 1.165) is 41.6 Å². The van der Waals surface area contributed by atoms with Crippen molar-refractivity contribution >= 4 is 28.0 Å². The Kier molecular flexibility index (Phi) is 4.41. The molecule has 1 fully saturated rings. The van der Waals surface area contributed by atoms with Crippen LogP contribution in [0.5, 0.6) is 5.75 Å². The maximum Gasteiger partial charge on any atom is 0.200 e. The van der Waals surface area contributed by atoms with E-state index in [1.54, 1.807) is 24.6 Å². The number of pyridine rings is 1. The first-order valence-electron chi connectivity index (χ1n) is 9.94. The molecule has 0 aliphatic heterocycles. The average Bonchev–Trinajstić information content (AvgIpc) is 3.39. The molecule has 3 aromatic rings. The Morgan fingerprint density at radius 3 is 2.77 bits per heavy atom. The average molecular weight is 420 g/mol. The van der Waals surface area contributed by atoms with Crippen LogP contribution in [0.4, 0.5) is 0 Å². The molecule has 0 N–H and O–H groups in total. The molecule has 0 saturated heterocycles. The highest BCUT2D eigenvalue weighted by Gasteiger charge is 2.29. The number of hydrogen-bond donors (Lipinski definition) is 0. The van der Waals surface area contributed by atoms with Gasteiger partial charge in [-0.1, -0.05) is 5.11 Å². The summed E-state index contributed by atoms with van der Waals surface area (Å²) in [6, 6.07) is 6.15. The van der Waals surface area contributed by atoms with E-state index in [4.69, 9.17) is 10.3 Å². The molecule has 5 rings (SSSR count). The second-order valence-electron chi connectivity index (χ2n) is 7.94. The van der Waals surface area contributed by atoms with Gasteiger partial charge in [0.2, 0.25) is 0 Å². The number of Topliss-reactive ketones (excluding diaryl/α,β-unsaturated/α-hetero) is 1. The largest absolute Gasteiger partial charge is 0.494 e. The van der Waals surface area contributed by atoms with Gasteiger partial charge >= 0.3 is 0 Å². The van der Waals surface area contributed by atoms with Crippen LogP contribution in [-0.2, 0) is 12.8 Å². The third-order valence-corrected chi connectivity index (χ3v) is 7.16. The van der Waals surface area contributed by atoms with Crippen molar-refractivity contribution in [2.45, 2.75) is 44.7 Å². The third-order valence-electron chi connectivity index (χ3n) is 5.92. The predicted molar refractivity (Wildman–Crippen MR) is 117 cm³/mol. The van der Waals surface area contributed by atoms with Crippen LogP contribution in [0, 0.1) is 0 Å². The van der Waals surface area contributed by atoms with Crippen LogP contribution < -0.4 is 10.2 Å². The molecule has 1 aromatic carbocycles. The zero-order valence-corrected chi connectivity index (χ0v) is 17.5. The second-order valence-corrected chi connectivity index (χ2v) is 9.07. The number of azide groups is 1. The van der Waals surface area contributed by atoms with Gasteiger partial charge in [0.25, 0.3) is 0 Å². The van der Waals surface area contributed by atoms with Gasteiger partial charge in [0, 0.05) is 38.5 Å². The highest BCUT2D eigenvalue weighted by molar-refractivity contribution is 7.15. The van der Waals surface area contributed by atoms with Crippen LogP contribution >= 0.6 is 11.3 Å². The fraction of sp³-hybridized carbons (Fsp3) is 0.364. The van der Waals surface area contributed by atoms with Crippen molar-refractivity contribution in [3.05, 3.63) is 61.1 Å². The molecule has 1 unspecified atom stereocenters. The van der Waals surface area contributed by atoms with Crippen LogP contribution in [0.15, 0.2) is 34.3 Å². The molecule has 0 spiro atoms. The molecule has 1 saturated carbocycles. The number of benzene rings is 1. The number of carbonyl (C=O) groups excluding carboxylic acids is 1. The van der Waals surface area contributed by atoms with Crippen molar-refractivity contribution in [3.63, 3.8) is 0 Å². The van der Waals surface area contributed by atoms with Gasteiger partial charge in [-0.05, 0) is 61.9 Å². The number of fused-ring (bicyclic) bond motifs is 2. The van der Waals surface area contributed by atoms with E-state index < -0.39 is 0 Å². The first kappa shape index (κ1) is 18.9. The second kappa shape index (κ2) is 7.00. The lowest BCUT2D eigenvalue weighted by Gasteiger charge is -2.17. The van der Waals surface area contributed by atoms with Gasteiger partial charge in [-0.3, -0.25) is 9.59 Å². The number of ether oxygens (including phenoxy) is 1.